The molecule has 0 atom stereocenters. The van der Waals surface area contributed by atoms with Crippen molar-refractivity contribution in [3.05, 3.63) is 65.0 Å². The first-order valence-electron chi connectivity index (χ1n) is 8.24. The van der Waals surface area contributed by atoms with Crippen molar-refractivity contribution in [2.24, 2.45) is 4.99 Å². The molecule has 0 amide bonds. The van der Waals surface area contributed by atoms with Crippen molar-refractivity contribution < 1.29 is 0 Å². The van der Waals surface area contributed by atoms with Crippen molar-refractivity contribution in [1.82, 2.24) is 15.6 Å². The van der Waals surface area contributed by atoms with Crippen LogP contribution < -0.4 is 10.6 Å². The Bertz CT molecular complexity index is 649. The topological polar surface area (TPSA) is 49.3 Å². The average molecular weight is 310 g/mol. The van der Waals surface area contributed by atoms with Gasteiger partial charge >= 0.3 is 0 Å². The summed E-state index contributed by atoms with van der Waals surface area (Å²) >= 11 is 0. The number of pyridine rings is 1. The van der Waals surface area contributed by atoms with E-state index >= 15 is 0 Å². The van der Waals surface area contributed by atoms with Crippen molar-refractivity contribution in [3.8, 4) is 0 Å². The zero-order valence-electron chi connectivity index (χ0n) is 14.3. The van der Waals surface area contributed by atoms with Crippen LogP contribution in [0.25, 0.3) is 0 Å². The standard InChI is InChI=1S/C19H26N4/c1-4-16-10-6-7-11-17(16)13-21-19(20-5-2)22-14-18-12-8-9-15(3)23-18/h6-12H,4-5,13-14H2,1-3H3,(H2,20,21,22). The van der Waals surface area contributed by atoms with Gasteiger partial charge in [-0.25, -0.2) is 4.99 Å². The van der Waals surface area contributed by atoms with E-state index in [1.54, 1.807) is 0 Å². The van der Waals surface area contributed by atoms with Gasteiger partial charge in [-0.05, 0) is 43.5 Å². The maximum absolute atomic E-state index is 4.70. The molecular weight excluding hydrogens is 284 g/mol. The molecule has 0 fully saturated rings. The molecule has 0 unspecified atom stereocenters. The third-order valence-corrected chi connectivity index (χ3v) is 3.63. The number of aryl methyl sites for hydroxylation is 2. The van der Waals surface area contributed by atoms with Crippen molar-refractivity contribution in [1.29, 1.82) is 0 Å². The molecule has 4 nitrogen and oxygen atoms in total. The number of nitrogens with zero attached hydrogens (tertiary/aromatic N) is 2. The Morgan fingerprint density at radius 2 is 1.78 bits per heavy atom. The number of guanidine groups is 1. The predicted molar refractivity (Wildman–Crippen MR) is 96.4 cm³/mol. The summed E-state index contributed by atoms with van der Waals surface area (Å²) in [4.78, 5) is 9.20. The Labute approximate surface area is 139 Å². The molecule has 23 heavy (non-hydrogen) atoms. The van der Waals surface area contributed by atoms with Gasteiger partial charge < -0.3 is 10.6 Å². The highest BCUT2D eigenvalue weighted by Gasteiger charge is 2.02. The van der Waals surface area contributed by atoms with Crippen LogP contribution in [0.2, 0.25) is 0 Å². The van der Waals surface area contributed by atoms with E-state index in [2.05, 4.69) is 53.7 Å². The van der Waals surface area contributed by atoms with Gasteiger partial charge in [0.2, 0.25) is 0 Å². The van der Waals surface area contributed by atoms with Crippen LogP contribution in [0, 0.1) is 6.92 Å². The maximum Gasteiger partial charge on any atom is 0.191 e. The summed E-state index contributed by atoms with van der Waals surface area (Å²) in [7, 11) is 0. The van der Waals surface area contributed by atoms with Gasteiger partial charge in [-0.2, -0.15) is 0 Å². The van der Waals surface area contributed by atoms with Crippen molar-refractivity contribution in [2.45, 2.75) is 40.3 Å². The van der Waals surface area contributed by atoms with Crippen molar-refractivity contribution >= 4 is 5.96 Å². The smallest absolute Gasteiger partial charge is 0.191 e. The molecule has 1 aromatic heterocycles. The molecule has 0 aliphatic heterocycles. The Hall–Kier alpha value is -2.36. The number of aromatic nitrogens is 1. The molecule has 0 aliphatic carbocycles. The summed E-state index contributed by atoms with van der Waals surface area (Å²) in [5, 5.41) is 6.63. The Morgan fingerprint density at radius 3 is 2.48 bits per heavy atom. The molecule has 4 heteroatoms. The Kier molecular flexibility index (Phi) is 6.60. The fourth-order valence-electron chi connectivity index (χ4n) is 2.43. The molecular formula is C19H26N4. The normalized spacial score (nSPS) is 11.3. The summed E-state index contributed by atoms with van der Waals surface area (Å²) in [6, 6.07) is 14.5. The third-order valence-electron chi connectivity index (χ3n) is 3.63. The van der Waals surface area contributed by atoms with Crippen LogP contribution in [-0.4, -0.2) is 17.5 Å². The minimum absolute atomic E-state index is 0.670. The number of nitrogens with one attached hydrogen (secondary N) is 2. The molecule has 1 aromatic carbocycles. The highest BCUT2D eigenvalue weighted by molar-refractivity contribution is 5.79. The van der Waals surface area contributed by atoms with Gasteiger partial charge in [-0.15, -0.1) is 0 Å². The summed E-state index contributed by atoms with van der Waals surface area (Å²) in [5.74, 6) is 0.821. The van der Waals surface area contributed by atoms with Crippen LogP contribution in [-0.2, 0) is 19.5 Å². The number of rotatable bonds is 6. The van der Waals surface area contributed by atoms with E-state index in [1.807, 2.05) is 25.1 Å². The lowest BCUT2D eigenvalue weighted by molar-refractivity contribution is 0.795. The highest BCUT2D eigenvalue weighted by atomic mass is 15.2. The quantitative estimate of drug-likeness (QED) is 0.636. The van der Waals surface area contributed by atoms with Crippen molar-refractivity contribution in [3.63, 3.8) is 0 Å². The highest BCUT2D eigenvalue weighted by Crippen LogP contribution is 2.10. The van der Waals surface area contributed by atoms with Gasteiger partial charge in [0.05, 0.1) is 18.8 Å². The fraction of sp³-hybridized carbons (Fsp3) is 0.368. The van der Waals surface area contributed by atoms with Crippen LogP contribution in [0.1, 0.15) is 36.4 Å². The van der Waals surface area contributed by atoms with E-state index in [1.165, 1.54) is 11.1 Å². The molecule has 0 spiro atoms. The number of benzene rings is 1. The van der Waals surface area contributed by atoms with Gasteiger partial charge in [0.1, 0.15) is 0 Å². The second-order valence-electron chi connectivity index (χ2n) is 5.44. The van der Waals surface area contributed by atoms with E-state index in [0.29, 0.717) is 13.1 Å². The average Bonchev–Trinajstić information content (AvgIpc) is 2.57. The number of aliphatic imine (C=N–C) groups is 1. The van der Waals surface area contributed by atoms with E-state index < -0.39 is 0 Å². The first kappa shape index (κ1) is 17.0. The summed E-state index contributed by atoms with van der Waals surface area (Å²) in [6.45, 7) is 8.44. The Balaban J connectivity index is 2.02. The van der Waals surface area contributed by atoms with Gasteiger partial charge in [0, 0.05) is 12.2 Å². The van der Waals surface area contributed by atoms with E-state index in [0.717, 1.165) is 30.3 Å². The van der Waals surface area contributed by atoms with Crippen LogP contribution in [0.15, 0.2) is 47.5 Å². The second-order valence-corrected chi connectivity index (χ2v) is 5.44. The first-order chi connectivity index (χ1) is 11.2. The molecule has 0 radical (unpaired) electrons. The second kappa shape index (κ2) is 8.93. The summed E-state index contributed by atoms with van der Waals surface area (Å²) in [5.41, 5.74) is 4.68. The van der Waals surface area contributed by atoms with Gasteiger partial charge in [0.25, 0.3) is 0 Å². The van der Waals surface area contributed by atoms with Gasteiger partial charge in [0.15, 0.2) is 5.96 Å². The molecule has 0 bridgehead atoms. The summed E-state index contributed by atoms with van der Waals surface area (Å²) in [6.07, 6.45) is 1.03. The SMILES string of the molecule is CCNC(=NCc1ccccc1CC)NCc1cccc(C)n1. The van der Waals surface area contributed by atoms with Crippen molar-refractivity contribution in [2.75, 3.05) is 6.54 Å². The molecule has 1 heterocycles. The fourth-order valence-corrected chi connectivity index (χ4v) is 2.43. The molecule has 2 rings (SSSR count). The van der Waals surface area contributed by atoms with Gasteiger partial charge in [-0.1, -0.05) is 37.3 Å². The molecule has 2 N–H and O–H groups in total. The van der Waals surface area contributed by atoms with Crippen LogP contribution >= 0.6 is 0 Å². The molecule has 0 saturated heterocycles. The largest absolute Gasteiger partial charge is 0.357 e. The van der Waals surface area contributed by atoms with Crippen LogP contribution in [0.4, 0.5) is 0 Å². The maximum atomic E-state index is 4.70. The van der Waals surface area contributed by atoms with Crippen LogP contribution in [0.3, 0.4) is 0 Å². The lowest BCUT2D eigenvalue weighted by Crippen LogP contribution is -2.37. The number of hydrogen-bond donors (Lipinski definition) is 2. The molecule has 0 aliphatic rings. The minimum atomic E-state index is 0.670. The summed E-state index contributed by atoms with van der Waals surface area (Å²) < 4.78 is 0. The van der Waals surface area contributed by atoms with Gasteiger partial charge in [-0.3, -0.25) is 4.98 Å². The van der Waals surface area contributed by atoms with E-state index in [9.17, 15) is 0 Å². The first-order valence-corrected chi connectivity index (χ1v) is 8.24. The Morgan fingerprint density at radius 1 is 1.00 bits per heavy atom. The third kappa shape index (κ3) is 5.40. The molecule has 0 saturated carbocycles. The van der Waals surface area contributed by atoms with Crippen LogP contribution in [0.5, 0.6) is 0 Å². The van der Waals surface area contributed by atoms with E-state index in [4.69, 9.17) is 4.99 Å². The zero-order valence-corrected chi connectivity index (χ0v) is 14.3. The number of hydrogen-bond acceptors (Lipinski definition) is 2. The predicted octanol–water partition coefficient (Wildman–Crippen LogP) is 3.21. The minimum Gasteiger partial charge on any atom is -0.357 e. The monoisotopic (exact) mass is 310 g/mol. The zero-order chi connectivity index (χ0) is 16.5. The molecule has 122 valence electrons. The lowest BCUT2D eigenvalue weighted by Gasteiger charge is -2.12. The van der Waals surface area contributed by atoms with E-state index in [-0.39, 0.29) is 0 Å². The lowest BCUT2D eigenvalue weighted by atomic mass is 10.1. The molecule has 2 aromatic rings.